The highest BCUT2D eigenvalue weighted by molar-refractivity contribution is 7.17. The summed E-state index contributed by atoms with van der Waals surface area (Å²) < 4.78 is 0. The van der Waals surface area contributed by atoms with Crippen molar-refractivity contribution in [3.63, 3.8) is 0 Å². The highest BCUT2D eigenvalue weighted by Crippen LogP contribution is 2.28. The van der Waals surface area contributed by atoms with Crippen LogP contribution in [0, 0.1) is 11.3 Å². The molecule has 0 atom stereocenters. The Balaban J connectivity index is 1.21. The van der Waals surface area contributed by atoms with Crippen LogP contribution in [0.2, 0.25) is 0 Å². The Labute approximate surface area is 219 Å². The fourth-order valence-electron chi connectivity index (χ4n) is 4.32. The molecule has 8 heteroatoms. The van der Waals surface area contributed by atoms with E-state index in [4.69, 9.17) is 5.26 Å². The van der Waals surface area contributed by atoms with Gasteiger partial charge in [-0.15, -0.1) is 11.3 Å². The second kappa shape index (κ2) is 10.7. The Morgan fingerprint density at radius 2 is 1.95 bits per heavy atom. The van der Waals surface area contributed by atoms with E-state index in [2.05, 4.69) is 45.8 Å². The average Bonchev–Trinajstić information content (AvgIpc) is 3.42. The molecule has 0 unspecified atom stereocenters. The molecule has 2 amide bonds. The van der Waals surface area contributed by atoms with Crippen molar-refractivity contribution in [3.8, 4) is 16.5 Å². The van der Waals surface area contributed by atoms with Gasteiger partial charge in [-0.2, -0.15) is 5.26 Å². The Kier molecular flexibility index (Phi) is 7.08. The monoisotopic (exact) mass is 507 g/mol. The Morgan fingerprint density at radius 3 is 2.81 bits per heavy atom. The zero-order chi connectivity index (χ0) is 25.8. The number of thiophene rings is 1. The summed E-state index contributed by atoms with van der Waals surface area (Å²) in [7, 11) is 2.10. The molecule has 7 nitrogen and oxygen atoms in total. The summed E-state index contributed by atoms with van der Waals surface area (Å²) in [5.41, 5.74) is 5.99. The van der Waals surface area contributed by atoms with Crippen LogP contribution in [0.25, 0.3) is 10.4 Å². The van der Waals surface area contributed by atoms with Gasteiger partial charge < -0.3 is 15.5 Å². The molecule has 0 fully saturated rings. The maximum absolute atomic E-state index is 12.9. The van der Waals surface area contributed by atoms with Gasteiger partial charge in [0.25, 0.3) is 11.8 Å². The smallest absolute Gasteiger partial charge is 0.261 e. The molecular formula is C29H25N5O2S. The summed E-state index contributed by atoms with van der Waals surface area (Å²) in [5.74, 6) is -0.386. The minimum absolute atomic E-state index is 0.187. The number of nitriles is 1. The van der Waals surface area contributed by atoms with E-state index in [9.17, 15) is 9.59 Å². The van der Waals surface area contributed by atoms with Crippen LogP contribution in [-0.2, 0) is 19.5 Å². The molecule has 0 spiro atoms. The molecule has 2 aromatic carbocycles. The lowest BCUT2D eigenvalue weighted by Crippen LogP contribution is -2.26. The van der Waals surface area contributed by atoms with E-state index in [1.807, 2.05) is 24.3 Å². The van der Waals surface area contributed by atoms with Crippen LogP contribution in [0.5, 0.6) is 0 Å². The number of amides is 2. The van der Waals surface area contributed by atoms with Gasteiger partial charge in [-0.25, -0.2) is 0 Å². The first-order valence-corrected chi connectivity index (χ1v) is 12.7. The zero-order valence-corrected chi connectivity index (χ0v) is 21.1. The number of rotatable bonds is 6. The number of carbonyl (C=O) groups is 2. The van der Waals surface area contributed by atoms with Gasteiger partial charge in [-0.1, -0.05) is 18.2 Å². The first-order chi connectivity index (χ1) is 18.0. The summed E-state index contributed by atoms with van der Waals surface area (Å²) in [5, 5.41) is 15.0. The fourth-order valence-corrected chi connectivity index (χ4v) is 5.23. The summed E-state index contributed by atoms with van der Waals surface area (Å²) in [6, 6.07) is 20.8. The van der Waals surface area contributed by atoms with Crippen molar-refractivity contribution in [2.45, 2.75) is 19.5 Å². The molecule has 1 aliphatic rings. The van der Waals surface area contributed by atoms with Crippen molar-refractivity contribution >= 4 is 28.8 Å². The highest BCUT2D eigenvalue weighted by Gasteiger charge is 2.15. The largest absolute Gasteiger partial charge is 0.347 e. The quantitative estimate of drug-likeness (QED) is 0.389. The molecule has 4 aromatic rings. The molecule has 0 saturated carbocycles. The minimum Gasteiger partial charge on any atom is -0.347 e. The molecule has 0 aliphatic carbocycles. The predicted molar refractivity (Wildman–Crippen MR) is 144 cm³/mol. The van der Waals surface area contributed by atoms with Crippen LogP contribution in [0.15, 0.2) is 73.1 Å². The van der Waals surface area contributed by atoms with Gasteiger partial charge in [0.1, 0.15) is 6.07 Å². The number of carbonyl (C=O) groups excluding carboxylic acids is 2. The Bertz CT molecular complexity index is 1520. The van der Waals surface area contributed by atoms with Gasteiger partial charge in [0.15, 0.2) is 0 Å². The third kappa shape index (κ3) is 5.75. The van der Waals surface area contributed by atoms with Gasteiger partial charge in [0.05, 0.1) is 10.4 Å². The van der Waals surface area contributed by atoms with E-state index in [0.717, 1.165) is 41.2 Å². The van der Waals surface area contributed by atoms with Gasteiger partial charge >= 0.3 is 0 Å². The van der Waals surface area contributed by atoms with Crippen LogP contribution < -0.4 is 10.6 Å². The van der Waals surface area contributed by atoms with Gasteiger partial charge in [0.2, 0.25) is 0 Å². The van der Waals surface area contributed by atoms with Crippen LogP contribution in [0.4, 0.5) is 5.69 Å². The predicted octanol–water partition coefficient (Wildman–Crippen LogP) is 4.85. The number of nitrogens with zero attached hydrogens (tertiary/aromatic N) is 3. The van der Waals surface area contributed by atoms with Crippen LogP contribution in [0.1, 0.15) is 42.3 Å². The second-order valence-electron chi connectivity index (χ2n) is 9.05. The zero-order valence-electron chi connectivity index (χ0n) is 20.3. The van der Waals surface area contributed by atoms with Crippen LogP contribution in [-0.4, -0.2) is 35.3 Å². The number of likely N-dealkylation sites (N-methyl/N-ethyl adjacent to an activating group) is 1. The fraction of sp³-hybridized carbons (Fsp3) is 0.172. The minimum atomic E-state index is -0.200. The maximum atomic E-state index is 12.9. The van der Waals surface area contributed by atoms with Crippen LogP contribution in [0.3, 0.4) is 0 Å². The standard InChI is InChI=1S/C29H25N5O2S/c1-34-10-9-21-5-6-25(13-24(21)18-34)33-28(35)22-4-2-3-19(11-22)16-32-29(36)27-8-7-26(37-27)23-12-20(14-30)15-31-17-23/h2-8,11-13,15,17H,9-10,16,18H2,1H3,(H,32,36)(H,33,35). The van der Waals surface area contributed by atoms with E-state index < -0.39 is 0 Å². The lowest BCUT2D eigenvalue weighted by molar-refractivity contribution is 0.0954. The van der Waals surface area contributed by atoms with Crippen molar-refractivity contribution in [3.05, 3.63) is 106 Å². The second-order valence-corrected chi connectivity index (χ2v) is 10.1. The number of benzene rings is 2. The molecule has 1 aliphatic heterocycles. The maximum Gasteiger partial charge on any atom is 0.261 e. The number of hydrogen-bond acceptors (Lipinski definition) is 6. The van der Waals surface area contributed by atoms with Crippen molar-refractivity contribution in [2.24, 2.45) is 0 Å². The van der Waals surface area contributed by atoms with Crippen LogP contribution >= 0.6 is 11.3 Å². The molecule has 184 valence electrons. The van der Waals surface area contributed by atoms with Crippen molar-refractivity contribution in [1.82, 2.24) is 15.2 Å². The molecular weight excluding hydrogens is 482 g/mol. The van der Waals surface area contributed by atoms with Gasteiger partial charge in [-0.3, -0.25) is 14.6 Å². The molecule has 0 saturated heterocycles. The van der Waals surface area contributed by atoms with E-state index in [-0.39, 0.29) is 11.8 Å². The lowest BCUT2D eigenvalue weighted by Gasteiger charge is -2.25. The lowest BCUT2D eigenvalue weighted by atomic mass is 9.99. The third-order valence-electron chi connectivity index (χ3n) is 6.29. The normalized spacial score (nSPS) is 12.9. The van der Waals surface area contributed by atoms with Crippen molar-refractivity contribution < 1.29 is 9.59 Å². The average molecular weight is 508 g/mol. The highest BCUT2D eigenvalue weighted by atomic mass is 32.1. The summed E-state index contributed by atoms with van der Waals surface area (Å²) in [6.45, 7) is 2.22. The molecule has 0 radical (unpaired) electrons. The van der Waals surface area contributed by atoms with E-state index >= 15 is 0 Å². The molecule has 3 heterocycles. The van der Waals surface area contributed by atoms with Gasteiger partial charge in [-0.05, 0) is 72.6 Å². The molecule has 37 heavy (non-hydrogen) atoms. The summed E-state index contributed by atoms with van der Waals surface area (Å²) in [6.07, 6.45) is 4.20. The Hall–Kier alpha value is -4.32. The number of nitrogens with one attached hydrogen (secondary N) is 2. The number of fused-ring (bicyclic) bond motifs is 1. The Morgan fingerprint density at radius 1 is 1.05 bits per heavy atom. The first-order valence-electron chi connectivity index (χ1n) is 11.9. The molecule has 5 rings (SSSR count). The summed E-state index contributed by atoms with van der Waals surface area (Å²) in [4.78, 5) is 33.4. The van der Waals surface area contributed by atoms with E-state index in [1.54, 1.807) is 30.5 Å². The van der Waals surface area contributed by atoms with Crippen molar-refractivity contribution in [1.29, 1.82) is 5.26 Å². The number of aromatic nitrogens is 1. The topological polar surface area (TPSA) is 98.1 Å². The first kappa shape index (κ1) is 24.4. The molecule has 2 N–H and O–H groups in total. The number of pyridine rings is 1. The molecule has 0 bridgehead atoms. The van der Waals surface area contributed by atoms with E-state index in [0.29, 0.717) is 22.5 Å². The summed E-state index contributed by atoms with van der Waals surface area (Å²) >= 11 is 1.34. The van der Waals surface area contributed by atoms with E-state index in [1.165, 1.54) is 28.7 Å². The molecule has 2 aromatic heterocycles. The SMILES string of the molecule is CN1CCc2ccc(NC(=O)c3cccc(CNC(=O)c4ccc(-c5cncc(C#N)c5)s4)c3)cc2C1. The third-order valence-corrected chi connectivity index (χ3v) is 7.42. The number of anilines is 1. The number of hydrogen-bond donors (Lipinski definition) is 2. The van der Waals surface area contributed by atoms with Crippen molar-refractivity contribution in [2.75, 3.05) is 18.9 Å². The van der Waals surface area contributed by atoms with Gasteiger partial charge in [0, 0.05) is 53.7 Å².